The van der Waals surface area contributed by atoms with E-state index in [2.05, 4.69) is 4.98 Å². The van der Waals surface area contributed by atoms with Crippen molar-refractivity contribution >= 4 is 23.3 Å². The lowest BCUT2D eigenvalue weighted by atomic mass is 10.2. The molecule has 4 rings (SSSR count). The van der Waals surface area contributed by atoms with E-state index in [1.54, 1.807) is 7.11 Å². The summed E-state index contributed by atoms with van der Waals surface area (Å²) in [5.74, 6) is 1.96. The molecule has 0 amide bonds. The van der Waals surface area contributed by atoms with Crippen LogP contribution in [0.1, 0.15) is 17.0 Å². The molecule has 0 aliphatic carbocycles. The summed E-state index contributed by atoms with van der Waals surface area (Å²) in [5, 5.41) is 0. The Morgan fingerprint density at radius 3 is 2.52 bits per heavy atom. The molecule has 0 atom stereocenters. The minimum atomic E-state index is 0.482. The van der Waals surface area contributed by atoms with E-state index < -0.39 is 0 Å². The van der Waals surface area contributed by atoms with Crippen LogP contribution in [0.3, 0.4) is 0 Å². The van der Waals surface area contributed by atoms with Crippen LogP contribution in [-0.2, 0) is 6.61 Å². The molecular weight excluding hydrogens is 338 g/mol. The molecule has 0 saturated carbocycles. The lowest BCUT2D eigenvalue weighted by Gasteiger charge is -2.11. The number of rotatable bonds is 6. The molecule has 4 heteroatoms. The number of hydrogen-bond donors (Lipinski definition) is 0. The van der Waals surface area contributed by atoms with Gasteiger partial charge in [-0.15, -0.1) is 0 Å². The van der Waals surface area contributed by atoms with Crippen molar-refractivity contribution < 1.29 is 13.9 Å². The molecule has 27 heavy (non-hydrogen) atoms. The molecule has 3 aromatic carbocycles. The van der Waals surface area contributed by atoms with Crippen LogP contribution in [0.25, 0.3) is 23.3 Å². The van der Waals surface area contributed by atoms with E-state index in [1.165, 1.54) is 0 Å². The Hall–Kier alpha value is -3.53. The molecule has 0 aliphatic heterocycles. The summed E-state index contributed by atoms with van der Waals surface area (Å²) in [6.07, 6.45) is 3.79. The Balaban J connectivity index is 1.54. The third kappa shape index (κ3) is 4.01. The predicted molar refractivity (Wildman–Crippen MR) is 107 cm³/mol. The van der Waals surface area contributed by atoms with E-state index in [-0.39, 0.29) is 0 Å². The van der Waals surface area contributed by atoms with Gasteiger partial charge in [-0.25, -0.2) is 4.98 Å². The Labute approximate surface area is 157 Å². The van der Waals surface area contributed by atoms with Crippen molar-refractivity contribution in [3.8, 4) is 11.5 Å². The van der Waals surface area contributed by atoms with Crippen LogP contribution in [0.5, 0.6) is 11.5 Å². The highest BCUT2D eigenvalue weighted by Gasteiger charge is 2.06. The molecule has 4 aromatic rings. The van der Waals surface area contributed by atoms with Gasteiger partial charge >= 0.3 is 0 Å². The van der Waals surface area contributed by atoms with Crippen LogP contribution in [0, 0.1) is 0 Å². The van der Waals surface area contributed by atoms with Gasteiger partial charge in [-0.3, -0.25) is 0 Å². The third-order valence-electron chi connectivity index (χ3n) is 4.15. The first-order chi connectivity index (χ1) is 13.3. The lowest BCUT2D eigenvalue weighted by molar-refractivity contribution is 0.284. The summed E-state index contributed by atoms with van der Waals surface area (Å²) >= 11 is 0. The first-order valence-corrected chi connectivity index (χ1v) is 8.70. The van der Waals surface area contributed by atoms with Gasteiger partial charge in [0, 0.05) is 6.08 Å². The number of para-hydroxylation sites is 2. The SMILES string of the molecule is COc1ccc(/C=C/c2nc3ccccc3o2)cc1OCc1ccccc1. The second kappa shape index (κ2) is 7.79. The minimum Gasteiger partial charge on any atom is -0.493 e. The van der Waals surface area contributed by atoms with Gasteiger partial charge in [-0.2, -0.15) is 0 Å². The average Bonchev–Trinajstić information content (AvgIpc) is 3.14. The summed E-state index contributed by atoms with van der Waals surface area (Å²) in [7, 11) is 1.64. The smallest absolute Gasteiger partial charge is 0.220 e. The van der Waals surface area contributed by atoms with Crippen LogP contribution < -0.4 is 9.47 Å². The van der Waals surface area contributed by atoms with Gasteiger partial charge in [0.25, 0.3) is 0 Å². The fourth-order valence-electron chi connectivity index (χ4n) is 2.77. The molecule has 0 aliphatic rings. The Bertz CT molecular complexity index is 1030. The molecule has 0 saturated heterocycles. The maximum Gasteiger partial charge on any atom is 0.220 e. The minimum absolute atomic E-state index is 0.482. The Kier molecular flexibility index (Phi) is 4.88. The van der Waals surface area contributed by atoms with Crippen LogP contribution >= 0.6 is 0 Å². The number of hydrogen-bond acceptors (Lipinski definition) is 4. The fraction of sp³-hybridized carbons (Fsp3) is 0.0870. The molecule has 4 nitrogen and oxygen atoms in total. The summed E-state index contributed by atoms with van der Waals surface area (Å²) in [4.78, 5) is 4.45. The number of aromatic nitrogens is 1. The average molecular weight is 357 g/mol. The number of methoxy groups -OCH3 is 1. The monoisotopic (exact) mass is 357 g/mol. The van der Waals surface area contributed by atoms with Gasteiger partial charge < -0.3 is 13.9 Å². The van der Waals surface area contributed by atoms with Gasteiger partial charge in [0.1, 0.15) is 12.1 Å². The highest BCUT2D eigenvalue weighted by atomic mass is 16.5. The van der Waals surface area contributed by atoms with Crippen LogP contribution in [0.2, 0.25) is 0 Å². The largest absolute Gasteiger partial charge is 0.493 e. The topological polar surface area (TPSA) is 44.5 Å². The predicted octanol–water partition coefficient (Wildman–Crippen LogP) is 5.59. The highest BCUT2D eigenvalue weighted by molar-refractivity contribution is 5.76. The van der Waals surface area contributed by atoms with Crippen molar-refractivity contribution in [2.75, 3.05) is 7.11 Å². The van der Waals surface area contributed by atoms with Crippen LogP contribution in [0.15, 0.2) is 77.2 Å². The molecule has 134 valence electrons. The van der Waals surface area contributed by atoms with Crippen molar-refractivity contribution in [1.29, 1.82) is 0 Å². The molecule has 1 aromatic heterocycles. The summed E-state index contributed by atoms with van der Waals surface area (Å²) in [6, 6.07) is 23.6. The quantitative estimate of drug-likeness (QED) is 0.451. The van der Waals surface area contributed by atoms with Gasteiger partial charge in [-0.05, 0) is 41.5 Å². The van der Waals surface area contributed by atoms with Crippen molar-refractivity contribution in [2.45, 2.75) is 6.61 Å². The molecule has 0 N–H and O–H groups in total. The Morgan fingerprint density at radius 1 is 0.889 bits per heavy atom. The summed E-state index contributed by atoms with van der Waals surface area (Å²) in [5.41, 5.74) is 3.70. The molecule has 0 bridgehead atoms. The molecule has 0 unspecified atom stereocenters. The Morgan fingerprint density at radius 2 is 1.70 bits per heavy atom. The molecule has 0 fully saturated rings. The van der Waals surface area contributed by atoms with E-state index in [0.717, 1.165) is 22.2 Å². The van der Waals surface area contributed by atoms with Crippen molar-refractivity contribution in [1.82, 2.24) is 4.98 Å². The molecule has 0 spiro atoms. The zero-order valence-electron chi connectivity index (χ0n) is 15.0. The lowest BCUT2D eigenvalue weighted by Crippen LogP contribution is -1.97. The van der Waals surface area contributed by atoms with Crippen molar-refractivity contribution in [2.24, 2.45) is 0 Å². The number of nitrogens with zero attached hydrogens (tertiary/aromatic N) is 1. The van der Waals surface area contributed by atoms with Gasteiger partial charge in [0.2, 0.25) is 5.89 Å². The van der Waals surface area contributed by atoms with Gasteiger partial charge in [0.15, 0.2) is 17.1 Å². The second-order valence-electron chi connectivity index (χ2n) is 6.04. The highest BCUT2D eigenvalue weighted by Crippen LogP contribution is 2.29. The molecule has 0 radical (unpaired) electrons. The van der Waals surface area contributed by atoms with Gasteiger partial charge in [-0.1, -0.05) is 48.5 Å². The molecular formula is C23H19NO3. The fourth-order valence-corrected chi connectivity index (χ4v) is 2.77. The number of fused-ring (bicyclic) bond motifs is 1. The van der Waals surface area contributed by atoms with Crippen molar-refractivity contribution in [3.63, 3.8) is 0 Å². The second-order valence-corrected chi connectivity index (χ2v) is 6.04. The summed E-state index contributed by atoms with van der Waals surface area (Å²) in [6.45, 7) is 0.482. The maximum absolute atomic E-state index is 5.96. The van der Waals surface area contributed by atoms with E-state index in [0.29, 0.717) is 24.0 Å². The zero-order valence-corrected chi connectivity index (χ0v) is 15.0. The number of oxazole rings is 1. The van der Waals surface area contributed by atoms with E-state index in [4.69, 9.17) is 13.9 Å². The summed E-state index contributed by atoms with van der Waals surface area (Å²) < 4.78 is 17.1. The third-order valence-corrected chi connectivity index (χ3v) is 4.15. The standard InChI is InChI=1S/C23H19NO3/c1-25-21-13-11-17(15-22(21)26-16-18-7-3-2-4-8-18)12-14-23-24-19-9-5-6-10-20(19)27-23/h2-15H,16H2,1H3/b14-12+. The van der Waals surface area contributed by atoms with Crippen LogP contribution in [-0.4, -0.2) is 12.1 Å². The maximum atomic E-state index is 5.96. The van der Waals surface area contributed by atoms with Crippen molar-refractivity contribution in [3.05, 3.63) is 89.8 Å². The normalized spacial score (nSPS) is 11.1. The van der Waals surface area contributed by atoms with E-state index >= 15 is 0 Å². The van der Waals surface area contributed by atoms with Crippen LogP contribution in [0.4, 0.5) is 0 Å². The zero-order chi connectivity index (χ0) is 18.5. The first-order valence-electron chi connectivity index (χ1n) is 8.70. The van der Waals surface area contributed by atoms with E-state index in [1.807, 2.05) is 84.9 Å². The number of ether oxygens (including phenoxy) is 2. The first kappa shape index (κ1) is 16.9. The number of benzene rings is 3. The van der Waals surface area contributed by atoms with E-state index in [9.17, 15) is 0 Å². The molecule has 1 heterocycles. The van der Waals surface area contributed by atoms with Gasteiger partial charge in [0.05, 0.1) is 7.11 Å².